The minimum atomic E-state index is -3.64. The van der Waals surface area contributed by atoms with E-state index in [0.717, 1.165) is 3.97 Å². The average Bonchev–Trinajstić information content (AvgIpc) is 2.83. The minimum Gasteiger partial charge on any atom is -0.236 e. The van der Waals surface area contributed by atoms with E-state index in [9.17, 15) is 8.42 Å². The first-order chi connectivity index (χ1) is 9.09. The van der Waals surface area contributed by atoms with E-state index >= 15 is 0 Å². The largest absolute Gasteiger partial charge is 0.269 e. The van der Waals surface area contributed by atoms with Gasteiger partial charge in [0.05, 0.1) is 11.1 Å². The van der Waals surface area contributed by atoms with Crippen LogP contribution >= 0.6 is 15.9 Å². The summed E-state index contributed by atoms with van der Waals surface area (Å²) in [5.41, 5.74) is 0.834. The molecule has 3 aromatic rings. The smallest absolute Gasteiger partial charge is 0.236 e. The first kappa shape index (κ1) is 12.3. The van der Waals surface area contributed by atoms with Crippen LogP contribution in [0.2, 0.25) is 0 Å². The Balaban J connectivity index is 2.25. The lowest BCUT2D eigenvalue weighted by molar-refractivity contribution is 0.588. The van der Waals surface area contributed by atoms with Crippen molar-refractivity contribution < 1.29 is 8.42 Å². The topological polar surface area (TPSA) is 64.8 Å². The van der Waals surface area contributed by atoms with Crippen molar-refractivity contribution in [3.05, 3.63) is 53.4 Å². The molecule has 0 aliphatic rings. The van der Waals surface area contributed by atoms with E-state index in [1.54, 1.807) is 36.4 Å². The Hall–Kier alpha value is -1.73. The third-order valence-electron chi connectivity index (χ3n) is 2.63. The molecule has 1 aromatic carbocycles. The zero-order valence-corrected chi connectivity index (χ0v) is 12.0. The van der Waals surface area contributed by atoms with E-state index in [4.69, 9.17) is 0 Å². The fourth-order valence-electron chi connectivity index (χ4n) is 1.76. The predicted molar refractivity (Wildman–Crippen MR) is 74.3 cm³/mol. The average molecular weight is 338 g/mol. The molecule has 0 saturated heterocycles. The second kappa shape index (κ2) is 4.43. The number of fused-ring (bicyclic) bond motifs is 1. The molecule has 2 aromatic heterocycles. The second-order valence-corrected chi connectivity index (χ2v) is 6.46. The van der Waals surface area contributed by atoms with Gasteiger partial charge in [-0.2, -0.15) is 0 Å². The Morgan fingerprint density at radius 1 is 1.11 bits per heavy atom. The summed E-state index contributed by atoms with van der Waals surface area (Å²) in [6.45, 7) is 0. The number of aromatic nitrogens is 3. The number of rotatable bonds is 2. The highest BCUT2D eigenvalue weighted by molar-refractivity contribution is 9.10. The van der Waals surface area contributed by atoms with Gasteiger partial charge in [0.15, 0.2) is 5.65 Å². The van der Waals surface area contributed by atoms with Crippen LogP contribution in [0.25, 0.3) is 11.2 Å². The highest BCUT2D eigenvalue weighted by atomic mass is 79.9. The SMILES string of the molecule is O=S(=O)(c1ccccc1)n1ccc2nc(Br)cnc21. The lowest BCUT2D eigenvalue weighted by Gasteiger charge is -2.06. The Kier molecular flexibility index (Phi) is 2.87. The van der Waals surface area contributed by atoms with Crippen LogP contribution < -0.4 is 0 Å². The molecule has 0 bridgehead atoms. The predicted octanol–water partition coefficient (Wildman–Crippen LogP) is 2.43. The van der Waals surface area contributed by atoms with Crippen LogP contribution in [0.15, 0.2) is 58.3 Å². The lowest BCUT2D eigenvalue weighted by Crippen LogP contribution is -2.12. The molecule has 0 amide bonds. The van der Waals surface area contributed by atoms with Crippen molar-refractivity contribution in [2.45, 2.75) is 4.90 Å². The number of nitrogens with zero attached hydrogens (tertiary/aromatic N) is 3. The van der Waals surface area contributed by atoms with Crippen molar-refractivity contribution in [1.82, 2.24) is 13.9 Å². The first-order valence-electron chi connectivity index (χ1n) is 5.39. The van der Waals surface area contributed by atoms with Crippen molar-refractivity contribution in [2.24, 2.45) is 0 Å². The third kappa shape index (κ3) is 2.04. The van der Waals surface area contributed by atoms with Gasteiger partial charge < -0.3 is 0 Å². The van der Waals surface area contributed by atoms with E-state index in [0.29, 0.717) is 15.8 Å². The van der Waals surface area contributed by atoms with Gasteiger partial charge in [-0.05, 0) is 34.1 Å². The zero-order chi connectivity index (χ0) is 13.5. The van der Waals surface area contributed by atoms with Crippen LogP contribution in [-0.4, -0.2) is 22.4 Å². The van der Waals surface area contributed by atoms with Gasteiger partial charge in [0, 0.05) is 6.20 Å². The van der Waals surface area contributed by atoms with Crippen molar-refractivity contribution in [1.29, 1.82) is 0 Å². The van der Waals surface area contributed by atoms with Crippen LogP contribution in [0.1, 0.15) is 0 Å². The van der Waals surface area contributed by atoms with E-state index in [1.807, 2.05) is 0 Å². The van der Waals surface area contributed by atoms with Crippen molar-refractivity contribution in [3.63, 3.8) is 0 Å². The van der Waals surface area contributed by atoms with Gasteiger partial charge in [-0.3, -0.25) is 0 Å². The summed E-state index contributed by atoms with van der Waals surface area (Å²) in [6.07, 6.45) is 2.93. The standard InChI is InChI=1S/C12H8BrN3O2S/c13-11-8-14-12-10(15-11)6-7-16(12)19(17,18)9-4-2-1-3-5-9/h1-8H. The number of hydrogen-bond acceptors (Lipinski definition) is 4. The molecule has 96 valence electrons. The molecular weight excluding hydrogens is 330 g/mol. The van der Waals surface area contributed by atoms with Gasteiger partial charge in [-0.1, -0.05) is 18.2 Å². The highest BCUT2D eigenvalue weighted by Crippen LogP contribution is 2.20. The molecule has 0 radical (unpaired) electrons. The number of halogens is 1. The fraction of sp³-hybridized carbons (Fsp3) is 0. The van der Waals surface area contributed by atoms with Gasteiger partial charge in [0.2, 0.25) is 0 Å². The molecule has 3 rings (SSSR count). The van der Waals surface area contributed by atoms with Crippen molar-refractivity contribution in [2.75, 3.05) is 0 Å². The van der Waals surface area contributed by atoms with Crippen LogP contribution in [0.4, 0.5) is 0 Å². The van der Waals surface area contributed by atoms with Crippen LogP contribution in [-0.2, 0) is 10.0 Å². The van der Waals surface area contributed by atoms with E-state index < -0.39 is 10.0 Å². The van der Waals surface area contributed by atoms with Crippen molar-refractivity contribution in [3.8, 4) is 0 Å². The molecular formula is C12H8BrN3O2S. The van der Waals surface area contributed by atoms with Gasteiger partial charge in [-0.25, -0.2) is 22.4 Å². The molecule has 0 N–H and O–H groups in total. The summed E-state index contributed by atoms with van der Waals surface area (Å²) in [4.78, 5) is 8.50. The maximum Gasteiger partial charge on any atom is 0.269 e. The maximum absolute atomic E-state index is 12.5. The van der Waals surface area contributed by atoms with E-state index in [2.05, 4.69) is 25.9 Å². The van der Waals surface area contributed by atoms with Gasteiger partial charge in [0.25, 0.3) is 10.0 Å². The van der Waals surface area contributed by atoms with Crippen LogP contribution in [0.5, 0.6) is 0 Å². The molecule has 0 atom stereocenters. The summed E-state index contributed by atoms with van der Waals surface area (Å²) in [5, 5.41) is 0. The molecule has 7 heteroatoms. The fourth-order valence-corrected chi connectivity index (χ4v) is 3.38. The van der Waals surface area contributed by atoms with E-state index in [-0.39, 0.29) is 4.90 Å². The first-order valence-corrected chi connectivity index (χ1v) is 7.62. The van der Waals surface area contributed by atoms with E-state index in [1.165, 1.54) is 12.4 Å². The Morgan fingerprint density at radius 2 is 1.84 bits per heavy atom. The van der Waals surface area contributed by atoms with Gasteiger partial charge in [0.1, 0.15) is 10.1 Å². The monoisotopic (exact) mass is 337 g/mol. The second-order valence-electron chi connectivity index (χ2n) is 3.83. The quantitative estimate of drug-likeness (QED) is 0.720. The summed E-state index contributed by atoms with van der Waals surface area (Å²) in [6, 6.07) is 9.85. The molecule has 0 saturated carbocycles. The van der Waals surface area contributed by atoms with Crippen molar-refractivity contribution >= 4 is 37.1 Å². The third-order valence-corrected chi connectivity index (χ3v) is 4.69. The Morgan fingerprint density at radius 3 is 2.58 bits per heavy atom. The summed E-state index contributed by atoms with van der Waals surface area (Å²) in [7, 11) is -3.64. The summed E-state index contributed by atoms with van der Waals surface area (Å²) >= 11 is 3.20. The summed E-state index contributed by atoms with van der Waals surface area (Å²) < 4.78 is 26.7. The number of hydrogen-bond donors (Lipinski definition) is 0. The highest BCUT2D eigenvalue weighted by Gasteiger charge is 2.19. The Bertz CT molecular complexity index is 844. The Labute approximate surface area is 118 Å². The molecule has 19 heavy (non-hydrogen) atoms. The molecule has 0 unspecified atom stereocenters. The molecule has 5 nitrogen and oxygen atoms in total. The van der Waals surface area contributed by atoms with Gasteiger partial charge >= 0.3 is 0 Å². The van der Waals surface area contributed by atoms with Crippen LogP contribution in [0.3, 0.4) is 0 Å². The van der Waals surface area contributed by atoms with Gasteiger partial charge in [-0.15, -0.1) is 0 Å². The normalized spacial score (nSPS) is 11.8. The lowest BCUT2D eigenvalue weighted by atomic mass is 10.4. The van der Waals surface area contributed by atoms with Crippen LogP contribution in [0, 0.1) is 0 Å². The molecule has 0 aliphatic heterocycles. The minimum absolute atomic E-state index is 0.220. The summed E-state index contributed by atoms with van der Waals surface area (Å²) in [5.74, 6) is 0. The number of benzene rings is 1. The zero-order valence-electron chi connectivity index (χ0n) is 9.56. The maximum atomic E-state index is 12.5. The molecule has 0 spiro atoms. The molecule has 2 heterocycles. The molecule has 0 fully saturated rings. The molecule has 0 aliphatic carbocycles.